The summed E-state index contributed by atoms with van der Waals surface area (Å²) >= 11 is 0. The van der Waals surface area contributed by atoms with Crippen LogP contribution in [-0.2, 0) is 9.53 Å². The van der Waals surface area contributed by atoms with E-state index in [0.717, 1.165) is 11.4 Å². The van der Waals surface area contributed by atoms with E-state index in [2.05, 4.69) is 4.90 Å². The SMILES string of the molecule is COCC[C@H](CCN(c1ccccc1)c1ccccc1)C(=O)N(O)c1ccc(F)cc1. The molecule has 3 aromatic rings. The van der Waals surface area contributed by atoms with Crippen LogP contribution in [0.2, 0.25) is 0 Å². The van der Waals surface area contributed by atoms with Gasteiger partial charge in [0.1, 0.15) is 5.82 Å². The highest BCUT2D eigenvalue weighted by Gasteiger charge is 2.25. The van der Waals surface area contributed by atoms with Gasteiger partial charge in [0.05, 0.1) is 5.69 Å². The summed E-state index contributed by atoms with van der Waals surface area (Å²) in [6.07, 6.45) is 0.968. The number of amides is 1. The maximum absolute atomic E-state index is 13.2. The van der Waals surface area contributed by atoms with Gasteiger partial charge >= 0.3 is 0 Å². The van der Waals surface area contributed by atoms with Crippen molar-refractivity contribution < 1.29 is 19.1 Å². The summed E-state index contributed by atoms with van der Waals surface area (Å²) in [5, 5.41) is 11.1. The molecule has 0 radical (unpaired) electrons. The Morgan fingerprint density at radius 3 is 1.94 bits per heavy atom. The fraction of sp³-hybridized carbons (Fsp3) is 0.240. The summed E-state index contributed by atoms with van der Waals surface area (Å²) in [4.78, 5) is 15.2. The predicted molar refractivity (Wildman–Crippen MR) is 120 cm³/mol. The standard InChI is InChI=1S/C25H27FN2O3/c1-31-19-17-20(25(29)28(30)24-14-12-21(26)13-15-24)16-18-27(22-8-4-2-5-9-22)23-10-6-3-7-11-23/h2-15,20,30H,16-19H2,1H3/t20-/m0/s1. The average Bonchev–Trinajstić information content (AvgIpc) is 2.82. The summed E-state index contributed by atoms with van der Waals surface area (Å²) < 4.78 is 18.4. The van der Waals surface area contributed by atoms with Gasteiger partial charge in [-0.1, -0.05) is 36.4 Å². The first-order valence-corrected chi connectivity index (χ1v) is 10.2. The molecule has 0 aliphatic heterocycles. The van der Waals surface area contributed by atoms with Crippen LogP contribution in [0.15, 0.2) is 84.9 Å². The predicted octanol–water partition coefficient (Wildman–Crippen LogP) is 5.43. The molecule has 6 heteroatoms. The monoisotopic (exact) mass is 422 g/mol. The minimum atomic E-state index is -0.468. The third kappa shape index (κ3) is 6.13. The van der Waals surface area contributed by atoms with Gasteiger partial charge in [0.2, 0.25) is 0 Å². The number of halogens is 1. The van der Waals surface area contributed by atoms with E-state index in [0.29, 0.717) is 31.1 Å². The number of hydrogen-bond acceptors (Lipinski definition) is 4. The molecule has 0 aliphatic carbocycles. The van der Waals surface area contributed by atoms with Crippen LogP contribution in [0.4, 0.5) is 21.5 Å². The number of rotatable bonds is 10. The smallest absolute Gasteiger partial charge is 0.253 e. The Hall–Kier alpha value is -3.22. The number of hydroxylamine groups is 1. The van der Waals surface area contributed by atoms with Gasteiger partial charge in [-0.2, -0.15) is 5.06 Å². The van der Waals surface area contributed by atoms with E-state index in [9.17, 15) is 14.4 Å². The molecule has 0 aromatic heterocycles. The molecule has 1 N–H and O–H groups in total. The molecule has 0 unspecified atom stereocenters. The molecule has 1 amide bonds. The lowest BCUT2D eigenvalue weighted by Gasteiger charge is -2.28. The molecule has 0 heterocycles. The van der Waals surface area contributed by atoms with Crippen molar-refractivity contribution in [1.82, 2.24) is 0 Å². The van der Waals surface area contributed by atoms with Gasteiger partial charge in [-0.3, -0.25) is 10.0 Å². The summed E-state index contributed by atoms with van der Waals surface area (Å²) in [6, 6.07) is 25.1. The number of ether oxygens (including phenoxy) is 1. The fourth-order valence-electron chi connectivity index (χ4n) is 3.44. The van der Waals surface area contributed by atoms with Gasteiger partial charge in [-0.25, -0.2) is 4.39 Å². The van der Waals surface area contributed by atoms with Crippen molar-refractivity contribution in [2.45, 2.75) is 12.8 Å². The van der Waals surface area contributed by atoms with E-state index in [-0.39, 0.29) is 5.69 Å². The van der Waals surface area contributed by atoms with E-state index >= 15 is 0 Å². The molecule has 1 atom stereocenters. The highest BCUT2D eigenvalue weighted by Crippen LogP contribution is 2.27. The molecule has 0 aliphatic rings. The zero-order chi connectivity index (χ0) is 22.1. The minimum absolute atomic E-state index is 0.233. The van der Waals surface area contributed by atoms with E-state index in [1.165, 1.54) is 24.3 Å². The van der Waals surface area contributed by atoms with E-state index in [4.69, 9.17) is 4.74 Å². The van der Waals surface area contributed by atoms with Crippen molar-refractivity contribution >= 4 is 23.0 Å². The normalized spacial score (nSPS) is 11.7. The Morgan fingerprint density at radius 2 is 1.42 bits per heavy atom. The Morgan fingerprint density at radius 1 is 0.871 bits per heavy atom. The lowest BCUT2D eigenvalue weighted by Crippen LogP contribution is -2.36. The maximum atomic E-state index is 13.2. The third-order valence-corrected chi connectivity index (χ3v) is 5.14. The highest BCUT2D eigenvalue weighted by atomic mass is 19.1. The van der Waals surface area contributed by atoms with Crippen molar-refractivity contribution in [3.8, 4) is 0 Å². The first kappa shape index (κ1) is 22.5. The van der Waals surface area contributed by atoms with Gasteiger partial charge in [0.25, 0.3) is 5.91 Å². The number of hydrogen-bond donors (Lipinski definition) is 1. The number of anilines is 3. The van der Waals surface area contributed by atoms with Gasteiger partial charge in [-0.15, -0.1) is 0 Å². The first-order valence-electron chi connectivity index (χ1n) is 10.2. The molecule has 5 nitrogen and oxygen atoms in total. The molecule has 3 rings (SSSR count). The second-order valence-corrected chi connectivity index (χ2v) is 7.22. The Balaban J connectivity index is 1.78. The minimum Gasteiger partial charge on any atom is -0.385 e. The van der Waals surface area contributed by atoms with E-state index in [1.807, 2.05) is 60.7 Å². The molecular formula is C25H27FN2O3. The van der Waals surface area contributed by atoms with Crippen molar-refractivity contribution in [1.29, 1.82) is 0 Å². The van der Waals surface area contributed by atoms with Gasteiger partial charge < -0.3 is 9.64 Å². The number of carbonyl (C=O) groups excluding carboxylic acids is 1. The van der Waals surface area contributed by atoms with Crippen molar-refractivity contribution in [2.24, 2.45) is 5.92 Å². The van der Waals surface area contributed by atoms with Gasteiger partial charge in [-0.05, 0) is 61.4 Å². The lowest BCUT2D eigenvalue weighted by atomic mass is 9.99. The molecule has 0 fully saturated rings. The summed E-state index contributed by atoms with van der Waals surface area (Å²) in [7, 11) is 1.58. The Kier molecular flexibility index (Phi) is 8.15. The molecule has 31 heavy (non-hydrogen) atoms. The summed E-state index contributed by atoms with van der Waals surface area (Å²) in [5.74, 6) is -1.34. The maximum Gasteiger partial charge on any atom is 0.253 e. The van der Waals surface area contributed by atoms with Crippen LogP contribution in [-0.4, -0.2) is 31.4 Å². The van der Waals surface area contributed by atoms with Crippen LogP contribution in [0.3, 0.4) is 0 Å². The molecular weight excluding hydrogens is 395 g/mol. The van der Waals surface area contributed by atoms with E-state index < -0.39 is 17.6 Å². The second kappa shape index (κ2) is 11.2. The van der Waals surface area contributed by atoms with Crippen LogP contribution >= 0.6 is 0 Å². The molecule has 3 aromatic carbocycles. The number of carbonyl (C=O) groups is 1. The second-order valence-electron chi connectivity index (χ2n) is 7.22. The van der Waals surface area contributed by atoms with Crippen LogP contribution in [0.1, 0.15) is 12.8 Å². The molecule has 0 bridgehead atoms. The Bertz CT molecular complexity index is 897. The molecule has 0 saturated heterocycles. The van der Waals surface area contributed by atoms with E-state index in [1.54, 1.807) is 7.11 Å². The average molecular weight is 423 g/mol. The third-order valence-electron chi connectivity index (χ3n) is 5.14. The van der Waals surface area contributed by atoms with Gasteiger partial charge in [0.15, 0.2) is 0 Å². The fourth-order valence-corrected chi connectivity index (χ4v) is 3.44. The highest BCUT2D eigenvalue weighted by molar-refractivity contribution is 5.92. The number of benzene rings is 3. The molecule has 0 saturated carbocycles. The van der Waals surface area contributed by atoms with Crippen molar-refractivity contribution in [3.05, 3.63) is 90.7 Å². The van der Waals surface area contributed by atoms with Gasteiger partial charge in [0, 0.05) is 37.6 Å². The number of methoxy groups -OCH3 is 1. The zero-order valence-corrected chi connectivity index (χ0v) is 17.5. The molecule has 0 spiro atoms. The molecule has 162 valence electrons. The number of nitrogens with zero attached hydrogens (tertiary/aromatic N) is 2. The number of para-hydroxylation sites is 2. The van der Waals surface area contributed by atoms with Crippen LogP contribution < -0.4 is 9.96 Å². The largest absolute Gasteiger partial charge is 0.385 e. The van der Waals surface area contributed by atoms with Crippen LogP contribution in [0.25, 0.3) is 0 Å². The topological polar surface area (TPSA) is 53.0 Å². The quantitative estimate of drug-likeness (QED) is 0.350. The Labute approximate surface area is 182 Å². The van der Waals surface area contributed by atoms with Crippen molar-refractivity contribution in [2.75, 3.05) is 30.2 Å². The zero-order valence-electron chi connectivity index (χ0n) is 17.5. The van der Waals surface area contributed by atoms with Crippen LogP contribution in [0, 0.1) is 11.7 Å². The van der Waals surface area contributed by atoms with Crippen LogP contribution in [0.5, 0.6) is 0 Å². The summed E-state index contributed by atoms with van der Waals surface area (Å²) in [5.41, 5.74) is 2.27. The summed E-state index contributed by atoms with van der Waals surface area (Å²) in [6.45, 7) is 0.968. The first-order chi connectivity index (χ1) is 15.1. The van der Waals surface area contributed by atoms with Crippen molar-refractivity contribution in [3.63, 3.8) is 0 Å². The lowest BCUT2D eigenvalue weighted by molar-refractivity contribution is -0.128.